The molecule has 0 aliphatic rings. The lowest BCUT2D eigenvalue weighted by molar-refractivity contribution is -0.116. The summed E-state index contributed by atoms with van der Waals surface area (Å²) in [5.74, 6) is 0.341. The van der Waals surface area contributed by atoms with Crippen LogP contribution in [-0.4, -0.2) is 45.4 Å². The zero-order chi connectivity index (χ0) is 21.7. The molecule has 0 aliphatic carbocycles. The zero-order valence-electron chi connectivity index (χ0n) is 17.3. The molecule has 0 unspecified atom stereocenters. The van der Waals surface area contributed by atoms with Gasteiger partial charge in [0, 0.05) is 24.3 Å². The van der Waals surface area contributed by atoms with Gasteiger partial charge in [0.05, 0.1) is 6.61 Å². The lowest BCUT2D eigenvalue weighted by Crippen LogP contribution is -2.23. The predicted octanol–water partition coefficient (Wildman–Crippen LogP) is 2.95. The summed E-state index contributed by atoms with van der Waals surface area (Å²) >= 11 is 0. The molecular weight excluding hydrogens is 390 g/mol. The Kier molecular flexibility index (Phi) is 11.0. The highest BCUT2D eigenvalue weighted by atomic mass is 32.2. The standard InChI is InChI=1S/C22H31NO5S/c1-18(5-4-6-19(2)17-24)12-15-28-21-9-7-20(8-10-21)11-14-23-22(25)13-16-29(3,26)27/h6-10,12-13,16,24H,4-5,11,14-15,17H2,1-3H3,(H,23,25)/b16-13+,18-12+,19-6+. The highest BCUT2D eigenvalue weighted by molar-refractivity contribution is 7.93. The van der Waals surface area contributed by atoms with Gasteiger partial charge in [0.2, 0.25) is 5.91 Å². The fourth-order valence-electron chi connectivity index (χ4n) is 2.32. The average molecular weight is 422 g/mol. The molecule has 1 amide bonds. The number of hydrogen-bond donors (Lipinski definition) is 2. The molecule has 160 valence electrons. The smallest absolute Gasteiger partial charge is 0.244 e. The van der Waals surface area contributed by atoms with Crippen LogP contribution < -0.4 is 10.1 Å². The maximum Gasteiger partial charge on any atom is 0.244 e. The van der Waals surface area contributed by atoms with Crippen LogP contribution in [0.15, 0.2) is 59.0 Å². The van der Waals surface area contributed by atoms with E-state index in [9.17, 15) is 13.2 Å². The van der Waals surface area contributed by atoms with E-state index in [4.69, 9.17) is 9.84 Å². The van der Waals surface area contributed by atoms with E-state index in [1.165, 1.54) is 5.57 Å². The summed E-state index contributed by atoms with van der Waals surface area (Å²) in [6.45, 7) is 4.99. The third-order valence-electron chi connectivity index (χ3n) is 4.07. The van der Waals surface area contributed by atoms with Crippen LogP contribution in [0.25, 0.3) is 0 Å². The first kappa shape index (κ1) is 24.7. The number of rotatable bonds is 12. The summed E-state index contributed by atoms with van der Waals surface area (Å²) in [7, 11) is -3.29. The van der Waals surface area contributed by atoms with Crippen LogP contribution in [-0.2, 0) is 21.1 Å². The van der Waals surface area contributed by atoms with Crippen molar-refractivity contribution in [2.24, 2.45) is 0 Å². The van der Waals surface area contributed by atoms with Crippen molar-refractivity contribution >= 4 is 15.7 Å². The molecule has 6 nitrogen and oxygen atoms in total. The molecule has 0 saturated heterocycles. The molecule has 0 bridgehead atoms. The van der Waals surface area contributed by atoms with Gasteiger partial charge in [0.15, 0.2) is 9.84 Å². The molecule has 0 heterocycles. The second-order valence-electron chi connectivity index (χ2n) is 6.93. The number of amides is 1. The van der Waals surface area contributed by atoms with Gasteiger partial charge in [0.1, 0.15) is 12.4 Å². The van der Waals surface area contributed by atoms with E-state index < -0.39 is 15.7 Å². The molecule has 29 heavy (non-hydrogen) atoms. The van der Waals surface area contributed by atoms with E-state index in [1.54, 1.807) is 0 Å². The Labute approximate surface area is 173 Å². The third kappa shape index (κ3) is 12.6. The van der Waals surface area contributed by atoms with Crippen LogP contribution in [0.4, 0.5) is 0 Å². The molecule has 7 heteroatoms. The number of allylic oxidation sites excluding steroid dienone is 2. The number of nitrogens with one attached hydrogen (secondary N) is 1. The van der Waals surface area contributed by atoms with Crippen molar-refractivity contribution in [2.75, 3.05) is 26.0 Å². The van der Waals surface area contributed by atoms with E-state index >= 15 is 0 Å². The van der Waals surface area contributed by atoms with E-state index in [0.29, 0.717) is 19.6 Å². The van der Waals surface area contributed by atoms with Gasteiger partial charge in [0.25, 0.3) is 0 Å². The van der Waals surface area contributed by atoms with Crippen LogP contribution in [0.2, 0.25) is 0 Å². The van der Waals surface area contributed by atoms with Gasteiger partial charge in [-0.3, -0.25) is 4.79 Å². The van der Waals surface area contributed by atoms with E-state index in [0.717, 1.165) is 47.5 Å². The Morgan fingerprint density at radius 3 is 2.45 bits per heavy atom. The Morgan fingerprint density at radius 2 is 1.83 bits per heavy atom. The minimum atomic E-state index is -3.29. The first-order chi connectivity index (χ1) is 13.7. The highest BCUT2D eigenvalue weighted by Gasteiger charge is 2.00. The Bertz CT molecular complexity index is 836. The second kappa shape index (κ2) is 13.0. The first-order valence-corrected chi connectivity index (χ1v) is 11.4. The predicted molar refractivity (Wildman–Crippen MR) is 116 cm³/mol. The van der Waals surface area contributed by atoms with Crippen molar-refractivity contribution in [1.82, 2.24) is 5.32 Å². The summed E-state index contributed by atoms with van der Waals surface area (Å²) in [4.78, 5) is 11.5. The van der Waals surface area contributed by atoms with Crippen molar-refractivity contribution in [2.45, 2.75) is 33.1 Å². The molecule has 1 rings (SSSR count). The monoisotopic (exact) mass is 421 g/mol. The van der Waals surface area contributed by atoms with Crippen molar-refractivity contribution < 1.29 is 23.1 Å². The number of sulfone groups is 1. The van der Waals surface area contributed by atoms with Gasteiger partial charge in [-0.05, 0) is 56.9 Å². The lowest BCUT2D eigenvalue weighted by Gasteiger charge is -2.07. The maximum absolute atomic E-state index is 11.5. The summed E-state index contributed by atoms with van der Waals surface area (Å²) in [6, 6.07) is 7.65. The van der Waals surface area contributed by atoms with Crippen molar-refractivity contribution in [3.05, 3.63) is 64.6 Å². The zero-order valence-corrected chi connectivity index (χ0v) is 18.2. The Hall–Kier alpha value is -2.38. The molecule has 0 aromatic heterocycles. The van der Waals surface area contributed by atoms with Crippen molar-refractivity contribution in [3.8, 4) is 5.75 Å². The minimum Gasteiger partial charge on any atom is -0.490 e. The number of hydrogen-bond acceptors (Lipinski definition) is 5. The number of ether oxygens (including phenoxy) is 1. The number of benzene rings is 1. The molecular formula is C22H31NO5S. The average Bonchev–Trinajstić information content (AvgIpc) is 2.67. The summed E-state index contributed by atoms with van der Waals surface area (Å²) < 4.78 is 27.6. The molecule has 0 atom stereocenters. The summed E-state index contributed by atoms with van der Waals surface area (Å²) in [5, 5.41) is 12.5. The highest BCUT2D eigenvalue weighted by Crippen LogP contribution is 2.13. The number of aliphatic hydroxyl groups excluding tert-OH is 1. The third-order valence-corrected chi connectivity index (χ3v) is 4.70. The second-order valence-corrected chi connectivity index (χ2v) is 8.86. The van der Waals surface area contributed by atoms with Gasteiger partial charge in [-0.15, -0.1) is 0 Å². The van der Waals surface area contributed by atoms with Crippen LogP contribution in [0, 0.1) is 0 Å². The number of carbonyl (C=O) groups is 1. The van der Waals surface area contributed by atoms with Crippen LogP contribution in [0.3, 0.4) is 0 Å². The molecule has 0 spiro atoms. The van der Waals surface area contributed by atoms with Crippen LogP contribution in [0.1, 0.15) is 32.3 Å². The van der Waals surface area contributed by atoms with E-state index in [2.05, 4.69) is 18.3 Å². The molecule has 0 radical (unpaired) electrons. The van der Waals surface area contributed by atoms with Gasteiger partial charge in [-0.1, -0.05) is 29.4 Å². The quantitative estimate of drug-likeness (QED) is 0.400. The van der Waals surface area contributed by atoms with Gasteiger partial charge >= 0.3 is 0 Å². The topological polar surface area (TPSA) is 92.7 Å². The fraction of sp³-hybridized carbons (Fsp3) is 0.409. The van der Waals surface area contributed by atoms with Crippen LogP contribution >= 0.6 is 0 Å². The molecule has 2 N–H and O–H groups in total. The molecule has 0 aliphatic heterocycles. The maximum atomic E-state index is 11.5. The molecule has 1 aromatic carbocycles. The Balaban J connectivity index is 2.34. The van der Waals surface area contributed by atoms with Gasteiger partial charge in [-0.2, -0.15) is 0 Å². The summed E-state index contributed by atoms with van der Waals surface area (Å²) in [6.07, 6.45) is 8.63. The van der Waals surface area contributed by atoms with Gasteiger partial charge in [-0.25, -0.2) is 8.42 Å². The Morgan fingerprint density at radius 1 is 1.14 bits per heavy atom. The minimum absolute atomic E-state index is 0.106. The summed E-state index contributed by atoms with van der Waals surface area (Å²) in [5.41, 5.74) is 3.27. The van der Waals surface area contributed by atoms with Crippen LogP contribution in [0.5, 0.6) is 5.75 Å². The fourth-order valence-corrected chi connectivity index (χ4v) is 2.69. The molecule has 0 fully saturated rings. The van der Waals surface area contributed by atoms with Crippen molar-refractivity contribution in [1.29, 1.82) is 0 Å². The lowest BCUT2D eigenvalue weighted by atomic mass is 10.1. The number of aliphatic hydroxyl groups is 1. The SMILES string of the molecule is C/C(=C\CC/C(C)=C/COc1ccc(CCNC(=O)/C=C/S(C)(=O)=O)cc1)CO. The largest absolute Gasteiger partial charge is 0.490 e. The van der Waals surface area contributed by atoms with E-state index in [-0.39, 0.29) is 6.61 Å². The van der Waals surface area contributed by atoms with Crippen molar-refractivity contribution in [3.63, 3.8) is 0 Å². The molecule has 0 saturated carbocycles. The normalized spacial score (nSPS) is 13.0. The van der Waals surface area contributed by atoms with Gasteiger partial charge < -0.3 is 15.2 Å². The number of carbonyl (C=O) groups excluding carboxylic acids is 1. The molecule has 1 aromatic rings. The van der Waals surface area contributed by atoms with E-state index in [1.807, 2.05) is 37.3 Å². The first-order valence-electron chi connectivity index (χ1n) is 9.49.